The molecule has 30 heavy (non-hydrogen) atoms. The predicted octanol–water partition coefficient (Wildman–Crippen LogP) is 2.22. The lowest BCUT2D eigenvalue weighted by Crippen LogP contribution is -2.52. The minimum absolute atomic E-state index is 0.0835. The Morgan fingerprint density at radius 1 is 1.23 bits per heavy atom. The van der Waals surface area contributed by atoms with E-state index in [9.17, 15) is 10.1 Å². The van der Waals surface area contributed by atoms with Crippen molar-refractivity contribution >= 4 is 16.9 Å². The molecule has 3 rings (SSSR count). The van der Waals surface area contributed by atoms with E-state index in [4.69, 9.17) is 9.72 Å². The number of methoxy groups -OCH3 is 1. The molecule has 0 radical (unpaired) electrons. The van der Waals surface area contributed by atoms with Crippen molar-refractivity contribution in [3.8, 4) is 11.9 Å². The second kappa shape index (κ2) is 9.00. The quantitative estimate of drug-likeness (QED) is 0.723. The van der Waals surface area contributed by atoms with Gasteiger partial charge >= 0.3 is 0 Å². The predicted molar refractivity (Wildman–Crippen MR) is 115 cm³/mol. The molecule has 1 aliphatic heterocycles. The van der Waals surface area contributed by atoms with Gasteiger partial charge in [-0.15, -0.1) is 5.10 Å². The van der Waals surface area contributed by atoms with Crippen LogP contribution in [0, 0.1) is 31.1 Å². The molecule has 1 amide bonds. The van der Waals surface area contributed by atoms with Crippen LogP contribution in [0.25, 0.3) is 11.0 Å². The maximum atomic E-state index is 12.8. The maximum absolute atomic E-state index is 12.8. The SMILES string of the molecule is COc1nn(C)c2nc(C)c(CCC(=O)N3CCN(C(C#N)C(C)C)CC3)c(C)c12. The number of rotatable bonds is 6. The number of pyridine rings is 1. The van der Waals surface area contributed by atoms with Crippen LogP contribution in [0.4, 0.5) is 0 Å². The van der Waals surface area contributed by atoms with E-state index >= 15 is 0 Å². The second-order valence-electron chi connectivity index (χ2n) is 8.37. The third kappa shape index (κ3) is 4.12. The molecule has 1 atom stereocenters. The molecule has 1 fully saturated rings. The summed E-state index contributed by atoms with van der Waals surface area (Å²) in [5.41, 5.74) is 3.89. The average Bonchev–Trinajstić information content (AvgIpc) is 3.04. The van der Waals surface area contributed by atoms with Gasteiger partial charge in [-0.3, -0.25) is 9.69 Å². The third-order valence-electron chi connectivity index (χ3n) is 6.13. The molecule has 0 saturated carbocycles. The summed E-state index contributed by atoms with van der Waals surface area (Å²) in [5.74, 6) is 1.01. The summed E-state index contributed by atoms with van der Waals surface area (Å²) in [5, 5.41) is 14.7. The van der Waals surface area contributed by atoms with Crippen LogP contribution in [0.2, 0.25) is 0 Å². The number of aromatic nitrogens is 3. The van der Waals surface area contributed by atoms with Gasteiger partial charge in [-0.05, 0) is 37.3 Å². The van der Waals surface area contributed by atoms with Crippen molar-refractivity contribution in [2.24, 2.45) is 13.0 Å². The molecule has 1 aliphatic rings. The maximum Gasteiger partial charge on any atom is 0.242 e. The highest BCUT2D eigenvalue weighted by Crippen LogP contribution is 2.30. The van der Waals surface area contributed by atoms with Crippen LogP contribution >= 0.6 is 0 Å². The van der Waals surface area contributed by atoms with Crippen molar-refractivity contribution in [2.45, 2.75) is 46.6 Å². The number of nitrogens with zero attached hydrogens (tertiary/aromatic N) is 6. The van der Waals surface area contributed by atoms with Gasteiger partial charge in [0.2, 0.25) is 11.8 Å². The highest BCUT2D eigenvalue weighted by molar-refractivity contribution is 5.86. The first-order valence-corrected chi connectivity index (χ1v) is 10.6. The van der Waals surface area contributed by atoms with Crippen LogP contribution in [0.5, 0.6) is 5.88 Å². The lowest BCUT2D eigenvalue weighted by Gasteiger charge is -2.38. The first-order valence-electron chi connectivity index (χ1n) is 10.6. The van der Waals surface area contributed by atoms with Crippen molar-refractivity contribution in [1.29, 1.82) is 5.26 Å². The molecule has 0 aliphatic carbocycles. The van der Waals surface area contributed by atoms with E-state index in [0.29, 0.717) is 31.8 Å². The van der Waals surface area contributed by atoms with Crippen molar-refractivity contribution in [3.05, 3.63) is 16.8 Å². The van der Waals surface area contributed by atoms with E-state index in [-0.39, 0.29) is 17.9 Å². The first kappa shape index (κ1) is 22.0. The van der Waals surface area contributed by atoms with Crippen LogP contribution in [0.1, 0.15) is 37.1 Å². The monoisotopic (exact) mass is 412 g/mol. The number of carbonyl (C=O) groups is 1. The Morgan fingerprint density at radius 3 is 2.47 bits per heavy atom. The number of amides is 1. The van der Waals surface area contributed by atoms with Crippen LogP contribution < -0.4 is 4.74 Å². The van der Waals surface area contributed by atoms with Crippen LogP contribution in [0.15, 0.2) is 0 Å². The van der Waals surface area contributed by atoms with Crippen molar-refractivity contribution < 1.29 is 9.53 Å². The normalized spacial score (nSPS) is 16.1. The number of carbonyl (C=O) groups excluding carboxylic acids is 1. The molecule has 3 heterocycles. The Hall–Kier alpha value is -2.66. The van der Waals surface area contributed by atoms with Crippen LogP contribution in [0.3, 0.4) is 0 Å². The van der Waals surface area contributed by atoms with Gasteiger partial charge in [0.1, 0.15) is 6.04 Å². The van der Waals surface area contributed by atoms with Gasteiger partial charge in [0.25, 0.3) is 0 Å². The molecule has 0 spiro atoms. The number of fused-ring (bicyclic) bond motifs is 1. The zero-order valence-corrected chi connectivity index (χ0v) is 18.9. The molecule has 1 saturated heterocycles. The van der Waals surface area contributed by atoms with Gasteiger partial charge in [-0.2, -0.15) is 5.26 Å². The molecule has 0 aromatic carbocycles. The summed E-state index contributed by atoms with van der Waals surface area (Å²) in [6, 6.07) is 2.31. The summed E-state index contributed by atoms with van der Waals surface area (Å²) in [6.07, 6.45) is 1.09. The van der Waals surface area contributed by atoms with Gasteiger partial charge in [-0.25, -0.2) is 9.67 Å². The number of hydrogen-bond acceptors (Lipinski definition) is 6. The average molecular weight is 413 g/mol. The summed E-state index contributed by atoms with van der Waals surface area (Å²) in [7, 11) is 3.47. The number of piperazine rings is 1. The number of aryl methyl sites for hydroxylation is 3. The summed E-state index contributed by atoms with van der Waals surface area (Å²) >= 11 is 0. The topological polar surface area (TPSA) is 87.3 Å². The van der Waals surface area contributed by atoms with Crippen molar-refractivity contribution in [2.75, 3.05) is 33.3 Å². The Bertz CT molecular complexity index is 966. The Kier molecular flexibility index (Phi) is 6.61. The lowest BCUT2D eigenvalue weighted by atomic mass is 9.99. The molecular weight excluding hydrogens is 380 g/mol. The van der Waals surface area contributed by atoms with Gasteiger partial charge in [-0.1, -0.05) is 13.8 Å². The molecule has 2 aromatic rings. The smallest absolute Gasteiger partial charge is 0.242 e. The van der Waals surface area contributed by atoms with E-state index in [1.54, 1.807) is 11.8 Å². The molecule has 162 valence electrons. The fraction of sp³-hybridized carbons (Fsp3) is 0.636. The zero-order valence-electron chi connectivity index (χ0n) is 18.9. The highest BCUT2D eigenvalue weighted by Gasteiger charge is 2.28. The number of nitriles is 1. The zero-order chi connectivity index (χ0) is 22.0. The molecule has 2 aromatic heterocycles. The van der Waals surface area contributed by atoms with Crippen molar-refractivity contribution in [3.63, 3.8) is 0 Å². The summed E-state index contributed by atoms with van der Waals surface area (Å²) in [6.45, 7) is 11.0. The molecule has 8 heteroatoms. The molecule has 0 N–H and O–H groups in total. The Balaban J connectivity index is 1.67. The standard InChI is InChI=1S/C22H32N6O2/c1-14(2)18(13-23)27-9-11-28(12-10-27)19(29)8-7-17-15(3)20-21(24-16(17)4)26(5)25-22(20)30-6/h14,18H,7-12H2,1-6H3. The van der Waals surface area contributed by atoms with E-state index in [0.717, 1.165) is 40.9 Å². The van der Waals surface area contributed by atoms with Gasteiger partial charge in [0, 0.05) is 45.3 Å². The van der Waals surface area contributed by atoms with Gasteiger partial charge in [0.05, 0.1) is 18.6 Å². The Labute approximate surface area is 178 Å². The van der Waals surface area contributed by atoms with Gasteiger partial charge < -0.3 is 9.64 Å². The molecule has 8 nitrogen and oxygen atoms in total. The summed E-state index contributed by atoms with van der Waals surface area (Å²) in [4.78, 5) is 21.7. The van der Waals surface area contributed by atoms with E-state index < -0.39 is 0 Å². The van der Waals surface area contributed by atoms with E-state index in [1.807, 2.05) is 25.8 Å². The first-order chi connectivity index (χ1) is 14.3. The van der Waals surface area contributed by atoms with Crippen LogP contribution in [-0.2, 0) is 18.3 Å². The summed E-state index contributed by atoms with van der Waals surface area (Å²) < 4.78 is 7.16. The molecular formula is C22H32N6O2. The number of ether oxygens (including phenoxy) is 1. The van der Waals surface area contributed by atoms with E-state index in [1.165, 1.54) is 0 Å². The number of hydrogen-bond donors (Lipinski definition) is 0. The second-order valence-corrected chi connectivity index (χ2v) is 8.37. The minimum atomic E-state index is -0.0835. The largest absolute Gasteiger partial charge is 0.479 e. The fourth-order valence-electron chi connectivity index (χ4n) is 4.40. The molecule has 1 unspecified atom stereocenters. The van der Waals surface area contributed by atoms with Crippen LogP contribution in [-0.4, -0.2) is 69.8 Å². The fourth-order valence-corrected chi connectivity index (χ4v) is 4.40. The Morgan fingerprint density at radius 2 is 1.90 bits per heavy atom. The minimum Gasteiger partial charge on any atom is -0.479 e. The van der Waals surface area contributed by atoms with Gasteiger partial charge in [0.15, 0.2) is 5.65 Å². The van der Waals surface area contributed by atoms with Crippen molar-refractivity contribution in [1.82, 2.24) is 24.6 Å². The lowest BCUT2D eigenvalue weighted by molar-refractivity contribution is -0.133. The molecule has 0 bridgehead atoms. The van der Waals surface area contributed by atoms with E-state index in [2.05, 4.69) is 29.9 Å². The third-order valence-corrected chi connectivity index (χ3v) is 6.13. The highest BCUT2D eigenvalue weighted by atomic mass is 16.5.